The minimum absolute atomic E-state index is 0.00463. The Kier molecular flexibility index (Phi) is 2.54. The highest BCUT2D eigenvalue weighted by Gasteiger charge is 1.91. The molecule has 0 radical (unpaired) electrons. The predicted octanol–water partition coefficient (Wildman–Crippen LogP) is 0.631. The molecule has 3 N–H and O–H groups in total. The van der Waals surface area contributed by atoms with E-state index >= 15 is 0 Å². The Labute approximate surface area is 51.4 Å². The normalized spacial score (nSPS) is 7.43. The van der Waals surface area contributed by atoms with Crippen molar-refractivity contribution in [2.24, 2.45) is 10.8 Å². The van der Waals surface area contributed by atoms with Crippen LogP contribution < -0.4 is 5.73 Å². The molecule has 0 aliphatic rings. The molecular formula is C2H3N3S2. The molecule has 0 saturated carbocycles. The van der Waals surface area contributed by atoms with Crippen LogP contribution in [0.1, 0.15) is 0 Å². The van der Waals surface area contributed by atoms with Crippen LogP contribution in [0.4, 0.5) is 0 Å². The molecule has 0 aromatic carbocycles. The van der Waals surface area contributed by atoms with Gasteiger partial charge in [0.25, 0.3) is 0 Å². The van der Waals surface area contributed by atoms with Crippen molar-refractivity contribution in [3.05, 3.63) is 0 Å². The van der Waals surface area contributed by atoms with Gasteiger partial charge in [-0.15, -0.1) is 5.11 Å². The van der Waals surface area contributed by atoms with E-state index in [4.69, 9.17) is 11.3 Å². The van der Waals surface area contributed by atoms with Crippen LogP contribution in [0.15, 0.2) is 5.11 Å². The summed E-state index contributed by atoms with van der Waals surface area (Å²) < 4.78 is 0. The van der Waals surface area contributed by atoms with Crippen LogP contribution in [0.3, 0.4) is 0 Å². The third-order valence-electron chi connectivity index (χ3n) is 0.312. The molecule has 3 nitrogen and oxygen atoms in total. The molecule has 5 heteroatoms. The van der Waals surface area contributed by atoms with E-state index in [2.05, 4.69) is 29.5 Å². The molecular weight excluding hydrogens is 130 g/mol. The second-order valence-electron chi connectivity index (χ2n) is 0.781. The number of hydrogen-bond donors (Lipinski definition) is 2. The summed E-state index contributed by atoms with van der Waals surface area (Å²) in [6.07, 6.45) is 0. The van der Waals surface area contributed by atoms with Crippen molar-refractivity contribution in [2.75, 3.05) is 0 Å². The van der Waals surface area contributed by atoms with Crippen molar-refractivity contribution in [3.8, 4) is 0 Å². The lowest BCUT2D eigenvalue weighted by atomic mass is 10.7. The molecule has 7 heavy (non-hydrogen) atoms. The second kappa shape index (κ2) is 2.70. The molecule has 0 aliphatic carbocycles. The van der Waals surface area contributed by atoms with Gasteiger partial charge in [-0.05, 0) is 0 Å². The number of nitrogens with one attached hydrogen (secondary N) is 1. The van der Waals surface area contributed by atoms with E-state index in [0.29, 0.717) is 0 Å². The first-order valence-corrected chi connectivity index (χ1v) is 2.21. The summed E-state index contributed by atoms with van der Waals surface area (Å²) in [5.74, 6) is 0. The first-order valence-electron chi connectivity index (χ1n) is 1.39. The van der Waals surface area contributed by atoms with E-state index < -0.39 is 0 Å². The largest absolute Gasteiger partial charge is 0.387 e. The van der Waals surface area contributed by atoms with Gasteiger partial charge in [0.2, 0.25) is 0 Å². The summed E-state index contributed by atoms with van der Waals surface area (Å²) in [6, 6.07) is 0. The van der Waals surface area contributed by atoms with Crippen molar-refractivity contribution in [2.45, 2.75) is 0 Å². The maximum absolute atomic E-state index is 6.26. The fourth-order valence-corrected chi connectivity index (χ4v) is 0.101. The topological polar surface area (TPSA) is 62.2 Å². The third kappa shape index (κ3) is 2.30. The lowest BCUT2D eigenvalue weighted by Crippen LogP contribution is -2.15. The first kappa shape index (κ1) is 6.58. The van der Waals surface area contributed by atoms with Gasteiger partial charge in [-0.1, -0.05) is 24.4 Å². The van der Waals surface area contributed by atoms with E-state index in [1.54, 1.807) is 0 Å². The average Bonchev–Trinajstić information content (AvgIpc) is 1.65. The number of rotatable bonds is 0. The summed E-state index contributed by atoms with van der Waals surface area (Å²) in [4.78, 5) is -0.0139. The molecule has 38 valence electrons. The lowest BCUT2D eigenvalue weighted by Gasteiger charge is -1.83. The highest BCUT2D eigenvalue weighted by molar-refractivity contribution is 7.89. The Morgan fingerprint density at radius 2 is 2.00 bits per heavy atom. The Morgan fingerprint density at radius 1 is 1.57 bits per heavy atom. The van der Waals surface area contributed by atoms with Crippen molar-refractivity contribution >= 4 is 34.4 Å². The monoisotopic (exact) mass is 133 g/mol. The van der Waals surface area contributed by atoms with Gasteiger partial charge in [0.15, 0.2) is 4.99 Å². The Balaban J connectivity index is 3.81. The van der Waals surface area contributed by atoms with Gasteiger partial charge in [-0.2, -0.15) is 0 Å². The molecule has 0 aliphatic heterocycles. The summed E-state index contributed by atoms with van der Waals surface area (Å²) in [6.45, 7) is 0. The smallest absolute Gasteiger partial charge is 0.182 e. The van der Waals surface area contributed by atoms with Crippen molar-refractivity contribution < 1.29 is 0 Å². The van der Waals surface area contributed by atoms with Gasteiger partial charge >= 0.3 is 0 Å². The lowest BCUT2D eigenvalue weighted by molar-refractivity contribution is 1.21. The van der Waals surface area contributed by atoms with Crippen LogP contribution in [-0.4, -0.2) is 9.98 Å². The predicted molar refractivity (Wildman–Crippen MR) is 34.5 cm³/mol. The Morgan fingerprint density at radius 3 is 2.00 bits per heavy atom. The quantitative estimate of drug-likeness (QED) is 0.376. The number of nitrogens with two attached hydrogens (primary N) is 1. The zero-order chi connectivity index (χ0) is 5.86. The second-order valence-corrected chi connectivity index (χ2v) is 1.61. The number of thiocarbonyl (C=S) groups is 2. The minimum Gasteiger partial charge on any atom is -0.387 e. The molecule has 0 aromatic heterocycles. The summed E-state index contributed by atoms with van der Waals surface area (Å²) >= 11 is 8.70. The molecule has 0 heterocycles. The van der Waals surface area contributed by atoms with Gasteiger partial charge in [0.1, 0.15) is 4.99 Å². The van der Waals surface area contributed by atoms with E-state index in [-0.39, 0.29) is 9.98 Å². The zero-order valence-corrected chi connectivity index (χ0v) is 4.97. The highest BCUT2D eigenvalue weighted by Crippen LogP contribution is 1.77. The molecule has 0 spiro atoms. The number of hydrogen-bond acceptors (Lipinski definition) is 3. The number of nitrogens with zero attached hydrogens (tertiary/aromatic N) is 1. The van der Waals surface area contributed by atoms with E-state index in [1.807, 2.05) is 0 Å². The maximum atomic E-state index is 6.26. The van der Waals surface area contributed by atoms with Crippen LogP contribution in [0.5, 0.6) is 0 Å². The van der Waals surface area contributed by atoms with Crippen molar-refractivity contribution in [3.63, 3.8) is 0 Å². The molecule has 0 amide bonds. The van der Waals surface area contributed by atoms with Gasteiger partial charge in [-0.3, -0.25) is 0 Å². The van der Waals surface area contributed by atoms with E-state index in [1.165, 1.54) is 0 Å². The highest BCUT2D eigenvalue weighted by atomic mass is 32.1. The molecule has 0 unspecified atom stereocenters. The van der Waals surface area contributed by atoms with Crippen LogP contribution in [0, 0.1) is 5.53 Å². The maximum Gasteiger partial charge on any atom is 0.182 e. The van der Waals surface area contributed by atoms with Gasteiger partial charge in [0, 0.05) is 0 Å². The van der Waals surface area contributed by atoms with Crippen LogP contribution in [-0.2, 0) is 0 Å². The molecule has 0 fully saturated rings. The fourth-order valence-electron chi connectivity index (χ4n) is 0.0551. The molecule has 0 saturated heterocycles. The SMILES string of the molecule is N=NC(=S)C(N)=S. The standard InChI is InChI=1S/C2H3N3S2/c3-1(6)2(7)5-4/h4H,(H2,3,6). The summed E-state index contributed by atoms with van der Waals surface area (Å²) in [5.41, 5.74) is 11.2. The Hall–Kier alpha value is -0.420. The minimum atomic E-state index is -0.0185. The molecule has 0 rings (SSSR count). The van der Waals surface area contributed by atoms with Crippen LogP contribution in [0.25, 0.3) is 0 Å². The van der Waals surface area contributed by atoms with E-state index in [0.717, 1.165) is 0 Å². The van der Waals surface area contributed by atoms with Crippen LogP contribution in [0.2, 0.25) is 0 Å². The van der Waals surface area contributed by atoms with Gasteiger partial charge in [0.05, 0.1) is 0 Å². The van der Waals surface area contributed by atoms with E-state index in [9.17, 15) is 0 Å². The Bertz CT molecular complexity index is 118. The van der Waals surface area contributed by atoms with Crippen molar-refractivity contribution in [1.29, 1.82) is 5.53 Å². The summed E-state index contributed by atoms with van der Waals surface area (Å²) in [5, 5.41) is 2.80. The van der Waals surface area contributed by atoms with Crippen molar-refractivity contribution in [1.82, 2.24) is 0 Å². The van der Waals surface area contributed by atoms with Crippen LogP contribution >= 0.6 is 24.4 Å². The average molecular weight is 133 g/mol. The third-order valence-corrected chi connectivity index (χ3v) is 0.946. The molecule has 0 bridgehead atoms. The first-order chi connectivity index (χ1) is 3.18. The van der Waals surface area contributed by atoms with Gasteiger partial charge in [-0.25, -0.2) is 5.53 Å². The summed E-state index contributed by atoms with van der Waals surface area (Å²) in [7, 11) is 0. The molecule has 0 aromatic rings. The zero-order valence-electron chi connectivity index (χ0n) is 3.34. The van der Waals surface area contributed by atoms with Gasteiger partial charge < -0.3 is 5.73 Å². The fraction of sp³-hybridized carbons (Fsp3) is 0. The molecule has 0 atom stereocenters.